The zero-order valence-corrected chi connectivity index (χ0v) is 19.8. The number of carbonyl (C=O) groups excluding carboxylic acids is 1. The number of benzene rings is 1. The fourth-order valence-corrected chi connectivity index (χ4v) is 4.29. The minimum absolute atomic E-state index is 0.0176. The Morgan fingerprint density at radius 3 is 2.32 bits per heavy atom. The van der Waals surface area contributed by atoms with Gasteiger partial charge in [-0.15, -0.1) is 0 Å². The van der Waals surface area contributed by atoms with Crippen LogP contribution in [-0.4, -0.2) is 17.4 Å². The van der Waals surface area contributed by atoms with E-state index in [0.717, 1.165) is 0 Å². The summed E-state index contributed by atoms with van der Waals surface area (Å²) in [6, 6.07) is 3.79. The lowest BCUT2D eigenvalue weighted by Crippen LogP contribution is -2.39. The van der Waals surface area contributed by atoms with E-state index in [4.69, 9.17) is 4.42 Å². The molecule has 0 unspecified atom stereocenters. The van der Waals surface area contributed by atoms with Crippen molar-refractivity contribution in [1.82, 2.24) is 4.90 Å². The van der Waals surface area contributed by atoms with Crippen molar-refractivity contribution in [3.05, 3.63) is 72.9 Å². The predicted octanol–water partition coefficient (Wildman–Crippen LogP) is 4.77. The number of halogens is 2. The maximum absolute atomic E-state index is 14.9. The summed E-state index contributed by atoms with van der Waals surface area (Å²) < 4.78 is 35.1. The standard InChI is InChI=1S/C25H27F2N3O4/c1-6-9-30-11-13-14(26)10-15(27)18(17(13)24(30)33)28-19-20(22(32)21(19)31)29-23(25(3,4)5)16-8-7-12(2)34-16/h7-8,10,23,28-29H,6,9,11H2,1-5H3/t23-/m0/s1. The van der Waals surface area contributed by atoms with E-state index in [-0.39, 0.29) is 34.7 Å². The van der Waals surface area contributed by atoms with Gasteiger partial charge in [0, 0.05) is 24.7 Å². The fraction of sp³-hybridized carbons (Fsp3) is 0.400. The van der Waals surface area contributed by atoms with Crippen LogP contribution < -0.4 is 21.5 Å². The van der Waals surface area contributed by atoms with Gasteiger partial charge in [-0.3, -0.25) is 14.4 Å². The monoisotopic (exact) mass is 471 g/mol. The van der Waals surface area contributed by atoms with Crippen molar-refractivity contribution < 1.29 is 18.0 Å². The van der Waals surface area contributed by atoms with Crippen molar-refractivity contribution >= 4 is 23.0 Å². The summed E-state index contributed by atoms with van der Waals surface area (Å²) in [7, 11) is 0. The molecular weight excluding hydrogens is 444 g/mol. The first kappa shape index (κ1) is 23.7. The van der Waals surface area contributed by atoms with Crippen LogP contribution in [0.4, 0.5) is 25.8 Å². The predicted molar refractivity (Wildman–Crippen MR) is 125 cm³/mol. The van der Waals surface area contributed by atoms with Crippen LogP contribution in [0.15, 0.2) is 32.2 Å². The average molecular weight is 472 g/mol. The Morgan fingerprint density at radius 2 is 1.74 bits per heavy atom. The molecule has 1 aliphatic heterocycles. The molecule has 4 rings (SSSR count). The van der Waals surface area contributed by atoms with E-state index in [0.29, 0.717) is 30.6 Å². The SMILES string of the molecule is CCCN1Cc2c(F)cc(F)c(Nc3c(N[C@@H](c4ccc(C)o4)C(C)(C)C)c(=O)c3=O)c2C1=O. The number of carbonyl (C=O) groups is 1. The summed E-state index contributed by atoms with van der Waals surface area (Å²) in [5.74, 6) is -1.10. The first-order valence-electron chi connectivity index (χ1n) is 11.2. The molecule has 9 heteroatoms. The van der Waals surface area contributed by atoms with Gasteiger partial charge in [-0.25, -0.2) is 8.78 Å². The van der Waals surface area contributed by atoms with Crippen LogP contribution in [0.5, 0.6) is 0 Å². The van der Waals surface area contributed by atoms with Crippen molar-refractivity contribution in [2.45, 2.75) is 53.6 Å². The number of furan rings is 1. The lowest BCUT2D eigenvalue weighted by molar-refractivity contribution is 0.0779. The molecule has 0 saturated heterocycles. The van der Waals surface area contributed by atoms with Gasteiger partial charge in [0.1, 0.15) is 34.5 Å². The minimum atomic E-state index is -1.02. The van der Waals surface area contributed by atoms with Crippen molar-refractivity contribution in [3.63, 3.8) is 0 Å². The van der Waals surface area contributed by atoms with E-state index in [9.17, 15) is 23.2 Å². The molecule has 2 N–H and O–H groups in total. The molecule has 2 aromatic carbocycles. The average Bonchev–Trinajstić information content (AvgIpc) is 3.32. The van der Waals surface area contributed by atoms with Crippen LogP contribution in [0.25, 0.3) is 0 Å². The van der Waals surface area contributed by atoms with Gasteiger partial charge in [-0.05, 0) is 30.9 Å². The van der Waals surface area contributed by atoms with Gasteiger partial charge in [0.2, 0.25) is 0 Å². The molecule has 0 spiro atoms. The number of hydrogen-bond donors (Lipinski definition) is 2. The van der Waals surface area contributed by atoms with Crippen molar-refractivity contribution in [2.75, 3.05) is 17.2 Å². The Hall–Kier alpha value is -3.49. The summed E-state index contributed by atoms with van der Waals surface area (Å²) in [6.45, 7) is 9.89. The molecule has 2 heterocycles. The number of amides is 1. The molecule has 0 saturated carbocycles. The molecule has 180 valence electrons. The Bertz CT molecular complexity index is 1350. The second-order valence-corrected chi connectivity index (χ2v) is 9.72. The highest BCUT2D eigenvalue weighted by atomic mass is 19.1. The van der Waals surface area contributed by atoms with Crippen molar-refractivity contribution in [2.24, 2.45) is 5.41 Å². The molecule has 7 nitrogen and oxygen atoms in total. The van der Waals surface area contributed by atoms with E-state index in [1.807, 2.05) is 27.7 Å². The molecule has 0 fully saturated rings. The van der Waals surface area contributed by atoms with Crippen LogP contribution in [0, 0.1) is 24.0 Å². The van der Waals surface area contributed by atoms with E-state index >= 15 is 0 Å². The van der Waals surface area contributed by atoms with Gasteiger partial charge in [-0.1, -0.05) is 27.7 Å². The number of aryl methyl sites for hydroxylation is 1. The smallest absolute Gasteiger partial charge is 0.256 e. The van der Waals surface area contributed by atoms with Crippen molar-refractivity contribution in [3.8, 4) is 0 Å². The molecule has 1 aliphatic rings. The Labute approximate surface area is 195 Å². The Morgan fingerprint density at radius 1 is 1.06 bits per heavy atom. The first-order valence-corrected chi connectivity index (χ1v) is 11.2. The summed E-state index contributed by atoms with van der Waals surface area (Å²) >= 11 is 0. The zero-order valence-electron chi connectivity index (χ0n) is 19.8. The van der Waals surface area contributed by atoms with E-state index in [1.54, 1.807) is 19.1 Å². The van der Waals surface area contributed by atoms with E-state index < -0.39 is 39.9 Å². The highest BCUT2D eigenvalue weighted by Gasteiger charge is 2.37. The van der Waals surface area contributed by atoms with Gasteiger partial charge >= 0.3 is 0 Å². The number of fused-ring (bicyclic) bond motifs is 1. The third-order valence-corrected chi connectivity index (χ3v) is 6.04. The van der Waals surface area contributed by atoms with Crippen LogP contribution in [0.3, 0.4) is 0 Å². The zero-order chi connectivity index (χ0) is 24.9. The molecule has 0 aliphatic carbocycles. The fourth-order valence-electron chi connectivity index (χ4n) is 4.29. The van der Waals surface area contributed by atoms with Crippen LogP contribution >= 0.6 is 0 Å². The number of rotatable bonds is 7. The lowest BCUT2D eigenvalue weighted by Gasteiger charge is -2.31. The highest BCUT2D eigenvalue weighted by Crippen LogP contribution is 2.39. The molecule has 0 bridgehead atoms. The molecule has 1 atom stereocenters. The van der Waals surface area contributed by atoms with Crippen LogP contribution in [0.1, 0.15) is 67.6 Å². The van der Waals surface area contributed by atoms with E-state index in [1.165, 1.54) is 4.90 Å². The van der Waals surface area contributed by atoms with E-state index in [2.05, 4.69) is 10.6 Å². The third kappa shape index (κ3) is 3.89. The highest BCUT2D eigenvalue weighted by molar-refractivity contribution is 6.04. The number of nitrogens with one attached hydrogen (secondary N) is 2. The molecule has 1 amide bonds. The molecule has 3 aromatic rings. The van der Waals surface area contributed by atoms with Gasteiger partial charge < -0.3 is 20.0 Å². The van der Waals surface area contributed by atoms with Gasteiger partial charge in [0.15, 0.2) is 0 Å². The normalized spacial score (nSPS) is 14.6. The van der Waals surface area contributed by atoms with Gasteiger partial charge in [0.05, 0.1) is 17.3 Å². The number of anilines is 3. The molecule has 0 radical (unpaired) electrons. The van der Waals surface area contributed by atoms with Crippen LogP contribution in [-0.2, 0) is 6.54 Å². The first-order chi connectivity index (χ1) is 15.9. The minimum Gasteiger partial charge on any atom is -0.464 e. The maximum Gasteiger partial charge on any atom is 0.256 e. The molecule has 1 aromatic heterocycles. The molecule has 34 heavy (non-hydrogen) atoms. The third-order valence-electron chi connectivity index (χ3n) is 6.04. The van der Waals surface area contributed by atoms with Crippen molar-refractivity contribution in [1.29, 1.82) is 0 Å². The second kappa shape index (κ2) is 8.38. The Kier molecular flexibility index (Phi) is 5.83. The second-order valence-electron chi connectivity index (χ2n) is 9.72. The summed E-state index contributed by atoms with van der Waals surface area (Å²) in [6.07, 6.45) is 0.652. The van der Waals surface area contributed by atoms with Crippen LogP contribution in [0.2, 0.25) is 0 Å². The number of nitrogens with zero attached hydrogens (tertiary/aromatic N) is 1. The Balaban J connectivity index is 1.73. The summed E-state index contributed by atoms with van der Waals surface area (Å²) in [5, 5.41) is 5.71. The topological polar surface area (TPSA) is 91.7 Å². The summed E-state index contributed by atoms with van der Waals surface area (Å²) in [5.41, 5.74) is -2.63. The molecular formula is C25H27F2N3O4. The number of hydrogen-bond acceptors (Lipinski definition) is 6. The van der Waals surface area contributed by atoms with Gasteiger partial charge in [0.25, 0.3) is 16.8 Å². The summed E-state index contributed by atoms with van der Waals surface area (Å²) in [4.78, 5) is 39.2. The maximum atomic E-state index is 14.9. The quantitative estimate of drug-likeness (QED) is 0.483. The largest absolute Gasteiger partial charge is 0.464 e. The lowest BCUT2D eigenvalue weighted by atomic mass is 9.85. The van der Waals surface area contributed by atoms with Gasteiger partial charge in [-0.2, -0.15) is 0 Å².